The number of hydrogen-bond acceptors (Lipinski definition) is 6. The fourth-order valence-electron chi connectivity index (χ4n) is 5.55. The summed E-state index contributed by atoms with van der Waals surface area (Å²) in [5.41, 5.74) is 6.19. The maximum atomic E-state index is 13.6. The van der Waals surface area contributed by atoms with Crippen molar-refractivity contribution >= 4 is 50.9 Å². The number of fused-ring (bicyclic) bond motifs is 3. The quantitative estimate of drug-likeness (QED) is 0.111. The highest BCUT2D eigenvalue weighted by molar-refractivity contribution is 6.11. The lowest BCUT2D eigenvalue weighted by atomic mass is 9.86. The number of ketones is 1. The molecule has 2 heterocycles. The van der Waals surface area contributed by atoms with Crippen LogP contribution < -0.4 is 0 Å². The summed E-state index contributed by atoms with van der Waals surface area (Å²) in [6, 6.07) is 21.3. The molecule has 0 radical (unpaired) electrons. The smallest absolute Gasteiger partial charge is 0.339 e. The zero-order valence-electron chi connectivity index (χ0n) is 21.8. The number of carbonyl (C=O) groups is 2. The van der Waals surface area contributed by atoms with Gasteiger partial charge in [0.15, 0.2) is 6.61 Å². The summed E-state index contributed by atoms with van der Waals surface area (Å²) in [7, 11) is 0. The molecule has 3 aromatic carbocycles. The molecule has 6 rings (SSSR count). The number of nitro groups is 1. The Morgan fingerprint density at radius 1 is 1.00 bits per heavy atom. The lowest BCUT2D eigenvalue weighted by Gasteiger charge is -2.22. The van der Waals surface area contributed by atoms with Gasteiger partial charge < -0.3 is 9.72 Å². The lowest BCUT2D eigenvalue weighted by Crippen LogP contribution is -2.19. The Hall–Kier alpha value is -5.11. The van der Waals surface area contributed by atoms with Crippen molar-refractivity contribution < 1.29 is 19.2 Å². The van der Waals surface area contributed by atoms with Gasteiger partial charge in [-0.1, -0.05) is 48.5 Å². The fraction of sp³-hybridized carbons (Fsp3) is 0.156. The molecule has 1 aliphatic rings. The first kappa shape index (κ1) is 25.2. The van der Waals surface area contributed by atoms with E-state index in [1.807, 2.05) is 67.6 Å². The molecule has 0 atom stereocenters. The van der Waals surface area contributed by atoms with E-state index in [0.717, 1.165) is 34.2 Å². The average Bonchev–Trinajstić information content (AvgIpc) is 3.30. The molecule has 0 saturated heterocycles. The number of ether oxygens (including phenoxy) is 1. The molecular weight excluding hydrogens is 506 g/mol. The van der Waals surface area contributed by atoms with Gasteiger partial charge in [-0.25, -0.2) is 9.78 Å². The molecule has 40 heavy (non-hydrogen) atoms. The van der Waals surface area contributed by atoms with Gasteiger partial charge in [0.25, 0.3) is 5.69 Å². The van der Waals surface area contributed by atoms with Crippen LogP contribution in [0.25, 0.3) is 33.5 Å². The number of nitrogens with zero attached hydrogens (tertiary/aromatic N) is 2. The average molecular weight is 532 g/mol. The molecule has 0 unspecified atom stereocenters. The Morgan fingerprint density at radius 2 is 1.77 bits per heavy atom. The van der Waals surface area contributed by atoms with Gasteiger partial charge in [0, 0.05) is 39.7 Å². The Bertz CT molecular complexity index is 1870. The van der Waals surface area contributed by atoms with Crippen LogP contribution in [0.3, 0.4) is 0 Å². The number of benzene rings is 3. The van der Waals surface area contributed by atoms with Crippen LogP contribution in [-0.2, 0) is 11.2 Å². The van der Waals surface area contributed by atoms with Gasteiger partial charge in [0.2, 0.25) is 5.78 Å². The van der Waals surface area contributed by atoms with E-state index in [-0.39, 0.29) is 18.1 Å². The summed E-state index contributed by atoms with van der Waals surface area (Å²) in [6.07, 6.45) is 4.01. The van der Waals surface area contributed by atoms with Gasteiger partial charge in [-0.2, -0.15) is 0 Å². The predicted octanol–water partition coefficient (Wildman–Crippen LogP) is 6.85. The third kappa shape index (κ3) is 4.53. The minimum atomic E-state index is -0.572. The van der Waals surface area contributed by atoms with Crippen molar-refractivity contribution in [2.75, 3.05) is 6.61 Å². The van der Waals surface area contributed by atoms with E-state index in [1.165, 1.54) is 12.1 Å². The fourth-order valence-corrected chi connectivity index (χ4v) is 5.55. The van der Waals surface area contributed by atoms with Gasteiger partial charge in [0.05, 0.1) is 21.7 Å². The lowest BCUT2D eigenvalue weighted by molar-refractivity contribution is -0.384. The van der Waals surface area contributed by atoms with E-state index in [1.54, 1.807) is 6.07 Å². The van der Waals surface area contributed by atoms with Crippen LogP contribution in [-0.4, -0.2) is 33.3 Å². The van der Waals surface area contributed by atoms with E-state index in [4.69, 9.17) is 9.72 Å². The van der Waals surface area contributed by atoms with E-state index < -0.39 is 10.9 Å². The van der Waals surface area contributed by atoms with Crippen molar-refractivity contribution in [3.63, 3.8) is 0 Å². The topological polar surface area (TPSA) is 115 Å². The zero-order valence-corrected chi connectivity index (χ0v) is 21.8. The molecule has 0 amide bonds. The predicted molar refractivity (Wildman–Crippen MR) is 153 cm³/mol. The van der Waals surface area contributed by atoms with Gasteiger partial charge in [-0.05, 0) is 61.1 Å². The summed E-state index contributed by atoms with van der Waals surface area (Å²) < 4.78 is 5.66. The number of Topliss-reactive ketones (excluding diaryl/α,β-unsaturated/α-hetero) is 1. The highest BCUT2D eigenvalue weighted by Crippen LogP contribution is 2.37. The van der Waals surface area contributed by atoms with Crippen LogP contribution in [0, 0.1) is 17.0 Å². The molecule has 2 aromatic heterocycles. The normalized spacial score (nSPS) is 13.9. The van der Waals surface area contributed by atoms with Gasteiger partial charge in [-0.15, -0.1) is 0 Å². The Morgan fingerprint density at radius 3 is 2.60 bits per heavy atom. The zero-order chi connectivity index (χ0) is 27.8. The molecule has 1 aliphatic carbocycles. The Balaban J connectivity index is 1.37. The molecule has 5 aromatic rings. The molecule has 0 spiro atoms. The first-order valence-corrected chi connectivity index (χ1v) is 13.1. The van der Waals surface area contributed by atoms with Crippen LogP contribution >= 0.6 is 0 Å². The van der Waals surface area contributed by atoms with Crippen LogP contribution in [0.1, 0.15) is 56.1 Å². The molecule has 0 bridgehead atoms. The van der Waals surface area contributed by atoms with Gasteiger partial charge in [-0.3, -0.25) is 14.9 Å². The number of aryl methyl sites for hydroxylation is 1. The third-order valence-electron chi connectivity index (χ3n) is 7.30. The SMILES string of the molecule is Cc1[nH]c2ccccc2c1C(=O)COC(=O)c1c2c(nc3ccccc13)/C(=C/c1cccc([N+](=O)[O-])c1)CCC2. The number of nitrogens with one attached hydrogen (secondary N) is 1. The summed E-state index contributed by atoms with van der Waals surface area (Å²) in [5.74, 6) is -0.848. The van der Waals surface area contributed by atoms with Crippen molar-refractivity contribution in [2.24, 2.45) is 0 Å². The number of pyridine rings is 1. The van der Waals surface area contributed by atoms with Crippen molar-refractivity contribution in [2.45, 2.75) is 26.2 Å². The van der Waals surface area contributed by atoms with Crippen molar-refractivity contribution in [1.29, 1.82) is 0 Å². The number of hydrogen-bond donors (Lipinski definition) is 1. The van der Waals surface area contributed by atoms with Crippen molar-refractivity contribution in [3.8, 4) is 0 Å². The summed E-state index contributed by atoms with van der Waals surface area (Å²) in [6.45, 7) is 1.44. The molecule has 8 heteroatoms. The number of aromatic amines is 1. The molecule has 0 aliphatic heterocycles. The van der Waals surface area contributed by atoms with E-state index in [2.05, 4.69) is 4.98 Å². The van der Waals surface area contributed by atoms with Gasteiger partial charge >= 0.3 is 5.97 Å². The first-order valence-electron chi connectivity index (χ1n) is 13.1. The number of carbonyl (C=O) groups excluding carboxylic acids is 2. The minimum Gasteiger partial charge on any atom is -0.454 e. The molecule has 0 saturated carbocycles. The second-order valence-corrected chi connectivity index (χ2v) is 9.88. The van der Waals surface area contributed by atoms with Crippen molar-refractivity contribution in [3.05, 3.63) is 117 Å². The largest absolute Gasteiger partial charge is 0.454 e. The third-order valence-corrected chi connectivity index (χ3v) is 7.30. The Kier molecular flexibility index (Phi) is 6.43. The standard InChI is InChI=1S/C32H25N3O5/c1-19-29(23-11-2-4-14-26(23)33-19)28(36)18-40-32(37)30-24-12-3-5-15-27(24)34-31-21(9-7-13-25(30)31)16-20-8-6-10-22(17-20)35(38)39/h2-6,8,10-12,14-17,33H,7,9,13,18H2,1H3/b21-16+. The highest BCUT2D eigenvalue weighted by atomic mass is 16.6. The summed E-state index contributed by atoms with van der Waals surface area (Å²) >= 11 is 0. The van der Waals surface area contributed by atoms with Crippen molar-refractivity contribution in [1.82, 2.24) is 9.97 Å². The van der Waals surface area contributed by atoms with E-state index in [0.29, 0.717) is 46.1 Å². The van der Waals surface area contributed by atoms with Crippen LogP contribution in [0.2, 0.25) is 0 Å². The highest BCUT2D eigenvalue weighted by Gasteiger charge is 2.27. The van der Waals surface area contributed by atoms with Crippen LogP contribution in [0.5, 0.6) is 0 Å². The number of esters is 1. The summed E-state index contributed by atoms with van der Waals surface area (Å²) in [5, 5.41) is 12.7. The number of para-hydroxylation sites is 2. The maximum absolute atomic E-state index is 13.6. The second kappa shape index (κ2) is 10.2. The first-order chi connectivity index (χ1) is 19.4. The summed E-state index contributed by atoms with van der Waals surface area (Å²) in [4.78, 5) is 45.8. The second-order valence-electron chi connectivity index (χ2n) is 9.88. The molecule has 1 N–H and O–H groups in total. The minimum absolute atomic E-state index is 0.0104. The van der Waals surface area contributed by atoms with E-state index >= 15 is 0 Å². The molecule has 198 valence electrons. The monoisotopic (exact) mass is 531 g/mol. The number of aromatic nitrogens is 2. The van der Waals surface area contributed by atoms with E-state index in [9.17, 15) is 19.7 Å². The number of nitro benzene ring substituents is 1. The molecule has 8 nitrogen and oxygen atoms in total. The Labute approximate surface area is 229 Å². The maximum Gasteiger partial charge on any atom is 0.339 e. The number of allylic oxidation sites excluding steroid dienone is 1. The number of rotatable bonds is 6. The van der Waals surface area contributed by atoms with Gasteiger partial charge in [0.1, 0.15) is 0 Å². The molecule has 0 fully saturated rings. The van der Waals surface area contributed by atoms with Crippen LogP contribution in [0.4, 0.5) is 5.69 Å². The van der Waals surface area contributed by atoms with Crippen LogP contribution in [0.15, 0.2) is 72.8 Å². The number of H-pyrrole nitrogens is 1. The molecular formula is C32H25N3O5. The number of non-ortho nitro benzene ring substituents is 1.